The van der Waals surface area contributed by atoms with Crippen LogP contribution in [0, 0.1) is 5.82 Å². The molecule has 2 amide bonds. The van der Waals surface area contributed by atoms with Crippen molar-refractivity contribution < 1.29 is 14.0 Å². The van der Waals surface area contributed by atoms with Crippen LogP contribution in [0.15, 0.2) is 53.7 Å². The van der Waals surface area contributed by atoms with Crippen molar-refractivity contribution in [2.75, 3.05) is 16.4 Å². The lowest BCUT2D eigenvalue weighted by Gasteiger charge is -2.08. The van der Waals surface area contributed by atoms with Gasteiger partial charge in [-0.15, -0.1) is 10.2 Å². The topological polar surface area (TPSA) is 88.9 Å². The first-order valence-electron chi connectivity index (χ1n) is 8.95. The molecule has 9 heteroatoms. The van der Waals surface area contributed by atoms with Crippen molar-refractivity contribution in [2.24, 2.45) is 0 Å². The molecule has 0 aliphatic carbocycles. The molecule has 0 bridgehead atoms. The van der Waals surface area contributed by atoms with Crippen LogP contribution < -0.4 is 10.6 Å². The number of halogens is 1. The highest BCUT2D eigenvalue weighted by molar-refractivity contribution is 7.99. The van der Waals surface area contributed by atoms with Crippen LogP contribution in [0.5, 0.6) is 0 Å². The fraction of sp³-hybridized carbons (Fsp3) is 0.200. The minimum Gasteiger partial charge on any atom is -0.326 e. The van der Waals surface area contributed by atoms with Gasteiger partial charge in [-0.25, -0.2) is 4.39 Å². The van der Waals surface area contributed by atoms with E-state index in [1.165, 1.54) is 30.8 Å². The van der Waals surface area contributed by atoms with Gasteiger partial charge in [-0.3, -0.25) is 9.59 Å². The van der Waals surface area contributed by atoms with Gasteiger partial charge in [-0.1, -0.05) is 11.8 Å². The Balaban J connectivity index is 1.61. The molecule has 150 valence electrons. The van der Waals surface area contributed by atoms with Crippen molar-refractivity contribution in [1.29, 1.82) is 0 Å². The molecular formula is C20H20FN5O2S. The van der Waals surface area contributed by atoms with Crippen LogP contribution >= 0.6 is 11.8 Å². The maximum absolute atomic E-state index is 13.1. The van der Waals surface area contributed by atoms with Crippen LogP contribution in [0.3, 0.4) is 0 Å². The Labute approximate surface area is 171 Å². The van der Waals surface area contributed by atoms with E-state index in [-0.39, 0.29) is 23.4 Å². The Kier molecular flexibility index (Phi) is 6.61. The molecule has 0 unspecified atom stereocenters. The number of rotatable bonds is 7. The summed E-state index contributed by atoms with van der Waals surface area (Å²) < 4.78 is 15.0. The zero-order valence-corrected chi connectivity index (χ0v) is 16.8. The highest BCUT2D eigenvalue weighted by Gasteiger charge is 2.15. The third-order valence-corrected chi connectivity index (χ3v) is 4.92. The highest BCUT2D eigenvalue weighted by atomic mass is 32.2. The molecule has 0 saturated carbocycles. The molecule has 1 aromatic heterocycles. The minimum absolute atomic E-state index is 0.154. The monoisotopic (exact) mass is 413 g/mol. The zero-order chi connectivity index (χ0) is 20.8. The molecule has 0 spiro atoms. The van der Waals surface area contributed by atoms with Crippen molar-refractivity contribution >= 4 is 35.0 Å². The van der Waals surface area contributed by atoms with Crippen LogP contribution in [0.1, 0.15) is 13.8 Å². The van der Waals surface area contributed by atoms with E-state index in [4.69, 9.17) is 0 Å². The maximum atomic E-state index is 13.1. The van der Waals surface area contributed by atoms with Gasteiger partial charge in [0.2, 0.25) is 11.8 Å². The summed E-state index contributed by atoms with van der Waals surface area (Å²) in [7, 11) is 0. The van der Waals surface area contributed by atoms with Gasteiger partial charge in [0.25, 0.3) is 0 Å². The number of hydrogen-bond donors (Lipinski definition) is 2. The Hall–Kier alpha value is -3.20. The van der Waals surface area contributed by atoms with Gasteiger partial charge in [-0.05, 0) is 55.5 Å². The molecule has 0 saturated heterocycles. The van der Waals surface area contributed by atoms with Crippen molar-refractivity contribution in [2.45, 2.75) is 25.5 Å². The number of nitrogens with zero attached hydrogens (tertiary/aromatic N) is 3. The summed E-state index contributed by atoms with van der Waals surface area (Å²) >= 11 is 1.28. The van der Waals surface area contributed by atoms with Gasteiger partial charge in [0.05, 0.1) is 5.75 Å². The van der Waals surface area contributed by atoms with Crippen LogP contribution in [-0.4, -0.2) is 32.3 Å². The van der Waals surface area contributed by atoms with E-state index < -0.39 is 0 Å². The van der Waals surface area contributed by atoms with Crippen LogP contribution in [0.2, 0.25) is 0 Å². The Morgan fingerprint density at radius 1 is 1.00 bits per heavy atom. The van der Waals surface area contributed by atoms with Gasteiger partial charge in [0, 0.05) is 30.4 Å². The van der Waals surface area contributed by atoms with E-state index in [0.29, 0.717) is 28.9 Å². The van der Waals surface area contributed by atoms with E-state index >= 15 is 0 Å². The van der Waals surface area contributed by atoms with Gasteiger partial charge < -0.3 is 15.2 Å². The first-order chi connectivity index (χ1) is 14.0. The van der Waals surface area contributed by atoms with Crippen LogP contribution in [-0.2, 0) is 16.1 Å². The molecule has 0 fully saturated rings. The summed E-state index contributed by atoms with van der Waals surface area (Å²) in [5.41, 5.74) is 2.05. The molecule has 0 aliphatic rings. The number of benzene rings is 2. The van der Waals surface area contributed by atoms with Crippen molar-refractivity contribution in [3.63, 3.8) is 0 Å². The first kappa shape index (κ1) is 20.5. The lowest BCUT2D eigenvalue weighted by molar-refractivity contribution is -0.114. The second-order valence-corrected chi connectivity index (χ2v) is 7.10. The second-order valence-electron chi connectivity index (χ2n) is 6.15. The lowest BCUT2D eigenvalue weighted by Crippen LogP contribution is -2.14. The molecule has 3 aromatic rings. The largest absolute Gasteiger partial charge is 0.326 e. The van der Waals surface area contributed by atoms with Gasteiger partial charge in [0.1, 0.15) is 5.82 Å². The van der Waals surface area contributed by atoms with E-state index in [9.17, 15) is 14.0 Å². The fourth-order valence-corrected chi connectivity index (χ4v) is 3.46. The molecule has 7 nitrogen and oxygen atoms in total. The van der Waals surface area contributed by atoms with E-state index in [2.05, 4.69) is 20.8 Å². The second kappa shape index (κ2) is 9.33. The van der Waals surface area contributed by atoms with Gasteiger partial charge >= 0.3 is 0 Å². The van der Waals surface area contributed by atoms with Crippen LogP contribution in [0.25, 0.3) is 11.4 Å². The van der Waals surface area contributed by atoms with Crippen LogP contribution in [0.4, 0.5) is 15.8 Å². The van der Waals surface area contributed by atoms with Crippen molar-refractivity contribution in [3.05, 3.63) is 54.3 Å². The van der Waals surface area contributed by atoms with E-state index in [0.717, 1.165) is 5.56 Å². The Morgan fingerprint density at radius 3 is 2.21 bits per heavy atom. The average Bonchev–Trinajstić information content (AvgIpc) is 3.11. The normalized spacial score (nSPS) is 10.6. The minimum atomic E-state index is -0.312. The smallest absolute Gasteiger partial charge is 0.234 e. The quantitative estimate of drug-likeness (QED) is 0.575. The average molecular weight is 413 g/mol. The van der Waals surface area contributed by atoms with Gasteiger partial charge in [-0.2, -0.15) is 0 Å². The number of nitrogens with one attached hydrogen (secondary N) is 2. The predicted molar refractivity (Wildman–Crippen MR) is 111 cm³/mol. The molecule has 29 heavy (non-hydrogen) atoms. The molecule has 2 N–H and O–H groups in total. The number of amides is 2. The van der Waals surface area contributed by atoms with E-state index in [1.807, 2.05) is 11.5 Å². The number of carbonyl (C=O) groups excluding carboxylic acids is 2. The molecule has 0 aliphatic heterocycles. The molecule has 0 radical (unpaired) electrons. The fourth-order valence-electron chi connectivity index (χ4n) is 2.66. The number of anilines is 2. The summed E-state index contributed by atoms with van der Waals surface area (Å²) in [5.74, 6) is 0.140. The van der Waals surface area contributed by atoms with Crippen molar-refractivity contribution in [1.82, 2.24) is 14.8 Å². The molecule has 2 aromatic carbocycles. The predicted octanol–water partition coefficient (Wildman–Crippen LogP) is 3.79. The SMILES string of the molecule is CCn1c(SCC(=O)Nc2ccc(NC(C)=O)cc2)nnc1-c1ccc(F)cc1. The third-order valence-electron chi connectivity index (χ3n) is 3.96. The maximum Gasteiger partial charge on any atom is 0.234 e. The summed E-state index contributed by atoms with van der Waals surface area (Å²) in [6.45, 7) is 4.01. The summed E-state index contributed by atoms with van der Waals surface area (Å²) in [6.07, 6.45) is 0. The summed E-state index contributed by atoms with van der Waals surface area (Å²) in [4.78, 5) is 23.3. The number of carbonyl (C=O) groups is 2. The summed E-state index contributed by atoms with van der Waals surface area (Å²) in [5, 5.41) is 14.4. The zero-order valence-electron chi connectivity index (χ0n) is 16.0. The van der Waals surface area contributed by atoms with Gasteiger partial charge in [0.15, 0.2) is 11.0 Å². The number of hydrogen-bond acceptors (Lipinski definition) is 5. The molecule has 1 heterocycles. The molecule has 3 rings (SSSR count). The number of thioether (sulfide) groups is 1. The standard InChI is InChI=1S/C20H20FN5O2S/c1-3-26-19(14-4-6-15(21)7-5-14)24-25-20(26)29-12-18(28)23-17-10-8-16(9-11-17)22-13(2)27/h4-11H,3,12H2,1-2H3,(H,22,27)(H,23,28). The third kappa shape index (κ3) is 5.41. The lowest BCUT2D eigenvalue weighted by atomic mass is 10.2. The summed E-state index contributed by atoms with van der Waals surface area (Å²) in [6, 6.07) is 12.9. The van der Waals surface area contributed by atoms with E-state index in [1.54, 1.807) is 36.4 Å². The molecule has 0 atom stereocenters. The van der Waals surface area contributed by atoms with Crippen molar-refractivity contribution in [3.8, 4) is 11.4 Å². The molecular weight excluding hydrogens is 393 g/mol. The Morgan fingerprint density at radius 2 is 1.62 bits per heavy atom. The highest BCUT2D eigenvalue weighted by Crippen LogP contribution is 2.24. The first-order valence-corrected chi connectivity index (χ1v) is 9.94. The number of aromatic nitrogens is 3. The Bertz CT molecular complexity index is 1000.